The topological polar surface area (TPSA) is 59.8 Å². The van der Waals surface area contributed by atoms with E-state index in [2.05, 4.69) is 36.1 Å². The number of thiazole rings is 1. The van der Waals surface area contributed by atoms with Gasteiger partial charge in [0.1, 0.15) is 11.9 Å². The van der Waals surface area contributed by atoms with Gasteiger partial charge in [0.15, 0.2) is 0 Å². The van der Waals surface area contributed by atoms with Crippen molar-refractivity contribution in [3.63, 3.8) is 0 Å². The van der Waals surface area contributed by atoms with Crippen molar-refractivity contribution in [1.82, 2.24) is 19.9 Å². The molecule has 1 atom stereocenters. The second-order valence-electron chi connectivity index (χ2n) is 6.17. The molecule has 0 bridgehead atoms. The summed E-state index contributed by atoms with van der Waals surface area (Å²) in [4.78, 5) is 22.5. The zero-order valence-corrected chi connectivity index (χ0v) is 15.4. The highest BCUT2D eigenvalue weighted by Gasteiger charge is 2.18. The van der Waals surface area contributed by atoms with E-state index in [-0.39, 0.29) is 11.9 Å². The van der Waals surface area contributed by atoms with Crippen LogP contribution in [0, 0.1) is 13.8 Å². The van der Waals surface area contributed by atoms with Gasteiger partial charge in [-0.3, -0.25) is 4.79 Å². The van der Waals surface area contributed by atoms with Gasteiger partial charge in [-0.25, -0.2) is 9.97 Å². The van der Waals surface area contributed by atoms with Crippen molar-refractivity contribution in [1.29, 1.82) is 0 Å². The molecule has 0 saturated carbocycles. The average Bonchev–Trinajstić information content (AvgIpc) is 3.10. The number of nitrogens with zero attached hydrogens (tertiary/aromatic N) is 3. The number of imidazole rings is 1. The third-order valence-electron chi connectivity index (χ3n) is 3.95. The number of aryl methyl sites for hydroxylation is 3. The monoisotopic (exact) mass is 334 g/mol. The number of aromatic nitrogens is 3. The van der Waals surface area contributed by atoms with Crippen molar-refractivity contribution in [2.45, 2.75) is 59.4 Å². The Morgan fingerprint density at radius 3 is 2.70 bits per heavy atom. The normalized spacial score (nSPS) is 12.6. The summed E-state index contributed by atoms with van der Waals surface area (Å²) in [6.07, 6.45) is 5.45. The molecule has 6 heteroatoms. The van der Waals surface area contributed by atoms with Gasteiger partial charge >= 0.3 is 0 Å². The summed E-state index contributed by atoms with van der Waals surface area (Å²) in [5.41, 5.74) is 1.11. The standard InChI is InChI=1S/C17H26N4OS/c1-11(2)16-18-9-10-21(16)13(4)17(22)19-8-6-7-15-20-12(3)14(5)23-15/h9-11,13H,6-8H2,1-5H3,(H,19,22). The Labute approximate surface area is 142 Å². The SMILES string of the molecule is Cc1nc(CCCNC(=O)C(C)n2ccnc2C(C)C)sc1C. The number of carbonyl (C=O) groups excluding carboxylic acids is 1. The van der Waals surface area contributed by atoms with Crippen molar-refractivity contribution in [2.75, 3.05) is 6.54 Å². The van der Waals surface area contributed by atoms with Crippen LogP contribution in [0.1, 0.15) is 60.6 Å². The first-order valence-electron chi connectivity index (χ1n) is 8.13. The second kappa shape index (κ2) is 7.73. The quantitative estimate of drug-likeness (QED) is 0.790. The molecule has 0 aliphatic heterocycles. The van der Waals surface area contributed by atoms with Crippen LogP contribution in [0.3, 0.4) is 0 Å². The molecule has 0 aliphatic rings. The van der Waals surface area contributed by atoms with E-state index in [9.17, 15) is 4.79 Å². The van der Waals surface area contributed by atoms with Gasteiger partial charge in [-0.2, -0.15) is 0 Å². The summed E-state index contributed by atoms with van der Waals surface area (Å²) >= 11 is 1.75. The third kappa shape index (κ3) is 4.41. The second-order valence-corrected chi connectivity index (χ2v) is 7.45. The highest BCUT2D eigenvalue weighted by molar-refractivity contribution is 7.11. The van der Waals surface area contributed by atoms with Crippen LogP contribution >= 0.6 is 11.3 Å². The summed E-state index contributed by atoms with van der Waals surface area (Å²) < 4.78 is 1.95. The molecule has 2 heterocycles. The molecule has 0 aliphatic carbocycles. The zero-order valence-electron chi connectivity index (χ0n) is 14.6. The van der Waals surface area contributed by atoms with Crippen LogP contribution < -0.4 is 5.32 Å². The maximum absolute atomic E-state index is 12.3. The van der Waals surface area contributed by atoms with Gasteiger partial charge in [0, 0.05) is 36.2 Å². The number of nitrogens with one attached hydrogen (secondary N) is 1. The highest BCUT2D eigenvalue weighted by atomic mass is 32.1. The first-order valence-corrected chi connectivity index (χ1v) is 8.95. The molecule has 0 aromatic carbocycles. The molecule has 126 valence electrons. The van der Waals surface area contributed by atoms with Crippen molar-refractivity contribution in [2.24, 2.45) is 0 Å². The smallest absolute Gasteiger partial charge is 0.242 e. The summed E-state index contributed by atoms with van der Waals surface area (Å²) in [7, 11) is 0. The number of hydrogen-bond acceptors (Lipinski definition) is 4. The van der Waals surface area contributed by atoms with Crippen molar-refractivity contribution in [3.05, 3.63) is 33.8 Å². The maximum atomic E-state index is 12.3. The number of rotatable bonds is 7. The molecule has 0 saturated heterocycles. The zero-order chi connectivity index (χ0) is 17.0. The Bertz CT molecular complexity index is 640. The fraction of sp³-hybridized carbons (Fsp3) is 0.588. The van der Waals surface area contributed by atoms with Crippen molar-refractivity contribution >= 4 is 17.2 Å². The van der Waals surface area contributed by atoms with E-state index in [1.807, 2.05) is 24.6 Å². The molecule has 1 N–H and O–H groups in total. The molecular weight excluding hydrogens is 308 g/mol. The Morgan fingerprint density at radius 1 is 1.35 bits per heavy atom. The molecular formula is C17H26N4OS. The molecule has 5 nitrogen and oxygen atoms in total. The van der Waals surface area contributed by atoms with Crippen LogP contribution in [-0.2, 0) is 11.2 Å². The van der Waals surface area contributed by atoms with Gasteiger partial charge in [-0.15, -0.1) is 11.3 Å². The predicted octanol–water partition coefficient (Wildman–Crippen LogP) is 3.39. The molecule has 0 fully saturated rings. The van der Waals surface area contributed by atoms with E-state index in [1.54, 1.807) is 17.5 Å². The Balaban J connectivity index is 1.81. The van der Waals surface area contributed by atoms with E-state index in [0.29, 0.717) is 12.5 Å². The first kappa shape index (κ1) is 17.7. The van der Waals surface area contributed by atoms with Crippen LogP contribution in [0.2, 0.25) is 0 Å². The predicted molar refractivity (Wildman–Crippen MR) is 93.9 cm³/mol. The number of hydrogen-bond donors (Lipinski definition) is 1. The molecule has 1 amide bonds. The molecule has 23 heavy (non-hydrogen) atoms. The van der Waals surface area contributed by atoms with Crippen LogP contribution in [0.15, 0.2) is 12.4 Å². The van der Waals surface area contributed by atoms with Gasteiger partial charge in [0.2, 0.25) is 5.91 Å². The van der Waals surface area contributed by atoms with Gasteiger partial charge in [-0.05, 0) is 27.2 Å². The van der Waals surface area contributed by atoms with Crippen LogP contribution in [0.5, 0.6) is 0 Å². The van der Waals surface area contributed by atoms with E-state index < -0.39 is 0 Å². The van der Waals surface area contributed by atoms with Crippen molar-refractivity contribution in [3.8, 4) is 0 Å². The van der Waals surface area contributed by atoms with Crippen LogP contribution in [0.25, 0.3) is 0 Å². The Kier molecular flexibility index (Phi) is 5.93. The lowest BCUT2D eigenvalue weighted by atomic mass is 10.2. The van der Waals surface area contributed by atoms with Gasteiger partial charge in [0.05, 0.1) is 10.7 Å². The number of carbonyl (C=O) groups is 1. The largest absolute Gasteiger partial charge is 0.354 e. The summed E-state index contributed by atoms with van der Waals surface area (Å²) in [5.74, 6) is 1.29. The molecule has 1 unspecified atom stereocenters. The minimum Gasteiger partial charge on any atom is -0.354 e. The Hall–Kier alpha value is -1.69. The van der Waals surface area contributed by atoms with Crippen molar-refractivity contribution < 1.29 is 4.79 Å². The van der Waals surface area contributed by atoms with E-state index in [4.69, 9.17) is 0 Å². The minimum absolute atomic E-state index is 0.0383. The summed E-state index contributed by atoms with van der Waals surface area (Å²) in [6.45, 7) is 10.9. The molecule has 0 radical (unpaired) electrons. The number of amides is 1. The van der Waals surface area contributed by atoms with Crippen LogP contribution in [-0.4, -0.2) is 27.0 Å². The Morgan fingerprint density at radius 2 is 2.09 bits per heavy atom. The summed E-state index contributed by atoms with van der Waals surface area (Å²) in [5, 5.41) is 4.17. The van der Waals surface area contributed by atoms with Gasteiger partial charge in [0.25, 0.3) is 0 Å². The highest BCUT2D eigenvalue weighted by Crippen LogP contribution is 2.18. The fourth-order valence-electron chi connectivity index (χ4n) is 2.47. The lowest BCUT2D eigenvalue weighted by Crippen LogP contribution is -2.32. The third-order valence-corrected chi connectivity index (χ3v) is 5.08. The van der Waals surface area contributed by atoms with Gasteiger partial charge in [-0.1, -0.05) is 13.8 Å². The lowest BCUT2D eigenvalue weighted by Gasteiger charge is -2.17. The summed E-state index contributed by atoms with van der Waals surface area (Å²) in [6, 6.07) is -0.237. The van der Waals surface area contributed by atoms with Crippen LogP contribution in [0.4, 0.5) is 0 Å². The molecule has 2 rings (SSSR count). The minimum atomic E-state index is -0.237. The van der Waals surface area contributed by atoms with E-state index in [1.165, 1.54) is 4.88 Å². The molecule has 0 spiro atoms. The average molecular weight is 334 g/mol. The van der Waals surface area contributed by atoms with E-state index in [0.717, 1.165) is 29.4 Å². The fourth-order valence-corrected chi connectivity index (χ4v) is 3.45. The molecule has 2 aromatic rings. The molecule has 2 aromatic heterocycles. The first-order chi connectivity index (χ1) is 10.9. The van der Waals surface area contributed by atoms with Gasteiger partial charge < -0.3 is 9.88 Å². The van der Waals surface area contributed by atoms with E-state index >= 15 is 0 Å². The lowest BCUT2D eigenvalue weighted by molar-refractivity contribution is -0.123. The maximum Gasteiger partial charge on any atom is 0.242 e.